The summed E-state index contributed by atoms with van der Waals surface area (Å²) >= 11 is 0. The molecule has 0 saturated carbocycles. The lowest BCUT2D eigenvalue weighted by Gasteiger charge is -2.25. The maximum Gasteiger partial charge on any atom is 0.312 e. The fraction of sp³-hybridized carbons (Fsp3) is 0.800. The molecule has 0 aromatic carbocycles. The SMILES string of the molecule is CCOC(=O)[C@H](C)C1=CC[C@H](CC(C)C)CC1. The Kier molecular flexibility index (Phi) is 5.73. The topological polar surface area (TPSA) is 26.3 Å². The van der Waals surface area contributed by atoms with Crippen molar-refractivity contribution >= 4 is 5.97 Å². The number of allylic oxidation sites excluding steroid dienone is 1. The third kappa shape index (κ3) is 4.53. The van der Waals surface area contributed by atoms with Crippen LogP contribution in [0.4, 0.5) is 0 Å². The van der Waals surface area contributed by atoms with Crippen LogP contribution >= 0.6 is 0 Å². The molecule has 17 heavy (non-hydrogen) atoms. The van der Waals surface area contributed by atoms with Gasteiger partial charge in [-0.2, -0.15) is 0 Å². The zero-order valence-corrected chi connectivity index (χ0v) is 11.7. The van der Waals surface area contributed by atoms with E-state index in [1.54, 1.807) is 0 Å². The first-order chi connectivity index (χ1) is 8.04. The minimum absolute atomic E-state index is 0.0463. The van der Waals surface area contributed by atoms with E-state index in [0.717, 1.165) is 24.7 Å². The quantitative estimate of drug-likeness (QED) is 0.535. The molecule has 0 unspecified atom stereocenters. The van der Waals surface area contributed by atoms with Crippen LogP contribution in [0.25, 0.3) is 0 Å². The number of esters is 1. The average Bonchev–Trinajstić information content (AvgIpc) is 2.28. The van der Waals surface area contributed by atoms with E-state index >= 15 is 0 Å². The number of rotatable bonds is 5. The second-order valence-corrected chi connectivity index (χ2v) is 5.52. The van der Waals surface area contributed by atoms with Gasteiger partial charge < -0.3 is 4.74 Å². The summed E-state index contributed by atoms with van der Waals surface area (Å²) in [5.74, 6) is 1.47. The molecule has 2 heteroatoms. The van der Waals surface area contributed by atoms with Crippen LogP contribution in [0.5, 0.6) is 0 Å². The Hall–Kier alpha value is -0.790. The van der Waals surface area contributed by atoms with E-state index in [0.29, 0.717) is 6.61 Å². The fourth-order valence-electron chi connectivity index (χ4n) is 2.60. The second kappa shape index (κ2) is 6.83. The largest absolute Gasteiger partial charge is 0.466 e. The summed E-state index contributed by atoms with van der Waals surface area (Å²) in [6, 6.07) is 0. The number of ether oxygens (including phenoxy) is 1. The molecule has 0 heterocycles. The second-order valence-electron chi connectivity index (χ2n) is 5.52. The highest BCUT2D eigenvalue weighted by atomic mass is 16.5. The van der Waals surface area contributed by atoms with Crippen molar-refractivity contribution < 1.29 is 9.53 Å². The first-order valence-corrected chi connectivity index (χ1v) is 6.90. The van der Waals surface area contributed by atoms with E-state index in [4.69, 9.17) is 4.74 Å². The lowest BCUT2D eigenvalue weighted by molar-refractivity contribution is -0.146. The van der Waals surface area contributed by atoms with Crippen molar-refractivity contribution in [1.82, 2.24) is 0 Å². The molecule has 98 valence electrons. The van der Waals surface area contributed by atoms with Crippen LogP contribution in [0.2, 0.25) is 0 Å². The minimum atomic E-state index is -0.0685. The fourth-order valence-corrected chi connectivity index (χ4v) is 2.60. The summed E-state index contributed by atoms with van der Waals surface area (Å²) < 4.78 is 5.07. The van der Waals surface area contributed by atoms with E-state index < -0.39 is 0 Å². The van der Waals surface area contributed by atoms with Gasteiger partial charge in [-0.05, 0) is 51.4 Å². The minimum Gasteiger partial charge on any atom is -0.466 e. The lowest BCUT2D eigenvalue weighted by Crippen LogP contribution is -2.20. The third-order valence-corrected chi connectivity index (χ3v) is 3.56. The van der Waals surface area contributed by atoms with Crippen molar-refractivity contribution in [2.24, 2.45) is 17.8 Å². The molecule has 2 atom stereocenters. The van der Waals surface area contributed by atoms with Gasteiger partial charge in [0.2, 0.25) is 0 Å². The van der Waals surface area contributed by atoms with Crippen LogP contribution in [-0.2, 0) is 9.53 Å². The van der Waals surface area contributed by atoms with Crippen molar-refractivity contribution in [3.8, 4) is 0 Å². The van der Waals surface area contributed by atoms with Gasteiger partial charge in [0, 0.05) is 0 Å². The Morgan fingerprint density at radius 2 is 2.18 bits per heavy atom. The molecular weight excluding hydrogens is 212 g/mol. The molecule has 0 radical (unpaired) electrons. The summed E-state index contributed by atoms with van der Waals surface area (Å²) in [4.78, 5) is 11.6. The van der Waals surface area contributed by atoms with Crippen LogP contribution in [0.3, 0.4) is 0 Å². The average molecular weight is 238 g/mol. The molecular formula is C15H26O2. The Bertz CT molecular complexity index is 279. The van der Waals surface area contributed by atoms with Crippen molar-refractivity contribution in [3.05, 3.63) is 11.6 Å². The lowest BCUT2D eigenvalue weighted by atomic mass is 9.81. The van der Waals surface area contributed by atoms with Crippen LogP contribution in [0.1, 0.15) is 53.4 Å². The number of carbonyl (C=O) groups excluding carboxylic acids is 1. The molecule has 1 aliphatic rings. The van der Waals surface area contributed by atoms with Gasteiger partial charge in [-0.1, -0.05) is 25.5 Å². The van der Waals surface area contributed by atoms with E-state index in [1.807, 2.05) is 13.8 Å². The first-order valence-electron chi connectivity index (χ1n) is 6.90. The van der Waals surface area contributed by atoms with Crippen molar-refractivity contribution in [2.75, 3.05) is 6.61 Å². The Labute approximate surface area is 105 Å². The van der Waals surface area contributed by atoms with E-state index in [-0.39, 0.29) is 11.9 Å². The van der Waals surface area contributed by atoms with Crippen LogP contribution in [0, 0.1) is 17.8 Å². The Morgan fingerprint density at radius 1 is 1.47 bits per heavy atom. The van der Waals surface area contributed by atoms with Gasteiger partial charge in [-0.3, -0.25) is 4.79 Å². The highest BCUT2D eigenvalue weighted by molar-refractivity contribution is 5.75. The summed E-state index contributed by atoms with van der Waals surface area (Å²) in [5.41, 5.74) is 1.28. The van der Waals surface area contributed by atoms with Gasteiger partial charge in [0.25, 0.3) is 0 Å². The molecule has 0 saturated heterocycles. The van der Waals surface area contributed by atoms with Crippen molar-refractivity contribution in [2.45, 2.75) is 53.4 Å². The van der Waals surface area contributed by atoms with E-state index in [2.05, 4.69) is 19.9 Å². The van der Waals surface area contributed by atoms with Gasteiger partial charge in [0.05, 0.1) is 12.5 Å². The van der Waals surface area contributed by atoms with Crippen molar-refractivity contribution in [3.63, 3.8) is 0 Å². The zero-order valence-electron chi connectivity index (χ0n) is 11.7. The van der Waals surface area contributed by atoms with E-state index in [9.17, 15) is 4.79 Å². The first kappa shape index (κ1) is 14.3. The predicted octanol–water partition coefficient (Wildman–Crippen LogP) is 3.96. The monoisotopic (exact) mass is 238 g/mol. The van der Waals surface area contributed by atoms with Crippen LogP contribution in [-0.4, -0.2) is 12.6 Å². The number of hydrogen-bond donors (Lipinski definition) is 0. The molecule has 2 nitrogen and oxygen atoms in total. The van der Waals surface area contributed by atoms with Gasteiger partial charge >= 0.3 is 5.97 Å². The maximum absolute atomic E-state index is 11.6. The molecule has 0 bridgehead atoms. The van der Waals surface area contributed by atoms with Crippen LogP contribution in [0.15, 0.2) is 11.6 Å². The highest BCUT2D eigenvalue weighted by Gasteiger charge is 2.23. The normalized spacial score (nSPS) is 22.2. The molecule has 0 aliphatic heterocycles. The smallest absolute Gasteiger partial charge is 0.312 e. The van der Waals surface area contributed by atoms with Crippen molar-refractivity contribution in [1.29, 1.82) is 0 Å². The van der Waals surface area contributed by atoms with Gasteiger partial charge in [-0.15, -0.1) is 0 Å². The Balaban J connectivity index is 2.47. The summed E-state index contributed by atoms with van der Waals surface area (Å²) in [6.07, 6.45) is 7.01. The van der Waals surface area contributed by atoms with Gasteiger partial charge in [0.1, 0.15) is 0 Å². The standard InChI is InChI=1S/C15H26O2/c1-5-17-15(16)12(4)14-8-6-13(7-9-14)10-11(2)3/h8,11-13H,5-7,9-10H2,1-4H3/t12-,13+/m1/s1. The molecule has 1 aliphatic carbocycles. The third-order valence-electron chi connectivity index (χ3n) is 3.56. The highest BCUT2D eigenvalue weighted by Crippen LogP contribution is 2.32. The molecule has 0 aromatic heterocycles. The summed E-state index contributed by atoms with van der Waals surface area (Å²) in [7, 11) is 0. The van der Waals surface area contributed by atoms with E-state index in [1.165, 1.54) is 18.4 Å². The summed E-state index contributed by atoms with van der Waals surface area (Å²) in [5, 5.41) is 0. The number of hydrogen-bond acceptors (Lipinski definition) is 2. The predicted molar refractivity (Wildman–Crippen MR) is 70.7 cm³/mol. The van der Waals surface area contributed by atoms with Gasteiger partial charge in [0.15, 0.2) is 0 Å². The van der Waals surface area contributed by atoms with Gasteiger partial charge in [-0.25, -0.2) is 0 Å². The molecule has 0 spiro atoms. The number of carbonyl (C=O) groups is 1. The molecule has 0 amide bonds. The Morgan fingerprint density at radius 3 is 2.65 bits per heavy atom. The maximum atomic E-state index is 11.6. The molecule has 0 N–H and O–H groups in total. The molecule has 0 aromatic rings. The van der Waals surface area contributed by atoms with Crippen LogP contribution < -0.4 is 0 Å². The zero-order chi connectivity index (χ0) is 12.8. The molecule has 0 fully saturated rings. The summed E-state index contributed by atoms with van der Waals surface area (Å²) in [6.45, 7) is 8.86. The molecule has 1 rings (SSSR count).